The monoisotopic (exact) mass is 383 g/mol. The molecule has 8 nitrogen and oxygen atoms in total. The zero-order valence-electron chi connectivity index (χ0n) is 15.2. The maximum absolute atomic E-state index is 12.5. The lowest BCUT2D eigenvalue weighted by molar-refractivity contribution is -0.155. The molecule has 0 saturated carbocycles. The van der Waals surface area contributed by atoms with Gasteiger partial charge >= 0.3 is 11.9 Å². The van der Waals surface area contributed by atoms with E-state index in [9.17, 15) is 19.5 Å². The number of rotatable bonds is 6. The SMILES string of the molecule is CC(=O)OC1C(=O)Nc2cc(N)ccc2C1NC(Cc1ccccc1)C(=O)O. The molecule has 1 aliphatic heterocycles. The molecule has 0 saturated heterocycles. The van der Waals surface area contributed by atoms with E-state index in [1.165, 1.54) is 6.92 Å². The summed E-state index contributed by atoms with van der Waals surface area (Å²) in [6.07, 6.45) is -1.00. The van der Waals surface area contributed by atoms with Gasteiger partial charge in [-0.05, 0) is 29.7 Å². The van der Waals surface area contributed by atoms with Gasteiger partial charge in [-0.3, -0.25) is 19.7 Å². The van der Waals surface area contributed by atoms with E-state index in [4.69, 9.17) is 10.5 Å². The maximum atomic E-state index is 12.5. The fraction of sp³-hybridized carbons (Fsp3) is 0.250. The first kappa shape index (κ1) is 19.4. The first-order valence-corrected chi connectivity index (χ1v) is 8.75. The highest BCUT2D eigenvalue weighted by molar-refractivity contribution is 5.99. The summed E-state index contributed by atoms with van der Waals surface area (Å²) in [5.74, 6) is -2.26. The third-order valence-corrected chi connectivity index (χ3v) is 4.49. The number of aliphatic carboxylic acids is 1. The van der Waals surface area contributed by atoms with Crippen LogP contribution in [-0.4, -0.2) is 35.1 Å². The summed E-state index contributed by atoms with van der Waals surface area (Å²) in [4.78, 5) is 35.9. The molecule has 2 aromatic rings. The molecule has 0 radical (unpaired) electrons. The molecule has 28 heavy (non-hydrogen) atoms. The number of nitrogens with one attached hydrogen (secondary N) is 2. The average Bonchev–Trinajstić information content (AvgIpc) is 2.64. The Labute approximate surface area is 161 Å². The lowest BCUT2D eigenvalue weighted by Crippen LogP contribution is -2.51. The van der Waals surface area contributed by atoms with Crippen molar-refractivity contribution in [3.8, 4) is 0 Å². The van der Waals surface area contributed by atoms with Crippen LogP contribution in [0.3, 0.4) is 0 Å². The van der Waals surface area contributed by atoms with Crippen molar-refractivity contribution >= 4 is 29.2 Å². The number of anilines is 2. The summed E-state index contributed by atoms with van der Waals surface area (Å²) < 4.78 is 5.20. The second-order valence-electron chi connectivity index (χ2n) is 6.59. The van der Waals surface area contributed by atoms with Gasteiger partial charge in [0, 0.05) is 18.3 Å². The van der Waals surface area contributed by atoms with Crippen LogP contribution < -0.4 is 16.4 Å². The highest BCUT2D eigenvalue weighted by Gasteiger charge is 2.40. The zero-order valence-corrected chi connectivity index (χ0v) is 15.2. The summed E-state index contributed by atoms with van der Waals surface area (Å²) in [5.41, 5.74) is 8.11. The molecular formula is C20H21N3O5. The molecule has 0 bridgehead atoms. The molecule has 1 aliphatic rings. The molecule has 3 unspecified atom stereocenters. The Morgan fingerprint density at radius 1 is 1.25 bits per heavy atom. The van der Waals surface area contributed by atoms with Crippen LogP contribution in [0.2, 0.25) is 0 Å². The van der Waals surface area contributed by atoms with E-state index < -0.39 is 36.0 Å². The number of benzene rings is 2. The van der Waals surface area contributed by atoms with Crippen molar-refractivity contribution in [1.82, 2.24) is 5.32 Å². The maximum Gasteiger partial charge on any atom is 0.321 e. The Morgan fingerprint density at radius 2 is 1.96 bits per heavy atom. The minimum absolute atomic E-state index is 0.200. The number of carboxylic acids is 1. The van der Waals surface area contributed by atoms with E-state index in [-0.39, 0.29) is 6.42 Å². The van der Waals surface area contributed by atoms with E-state index in [2.05, 4.69) is 10.6 Å². The Kier molecular flexibility index (Phi) is 5.60. The van der Waals surface area contributed by atoms with Crippen molar-refractivity contribution in [2.75, 3.05) is 11.1 Å². The number of hydrogen-bond donors (Lipinski definition) is 4. The Hall–Kier alpha value is -3.39. The van der Waals surface area contributed by atoms with Crippen LogP contribution in [0.25, 0.3) is 0 Å². The van der Waals surface area contributed by atoms with Gasteiger partial charge in [0.25, 0.3) is 5.91 Å². The van der Waals surface area contributed by atoms with Gasteiger partial charge < -0.3 is 20.9 Å². The molecule has 0 fully saturated rings. The van der Waals surface area contributed by atoms with Crippen molar-refractivity contribution in [3.05, 3.63) is 59.7 Å². The molecule has 0 aromatic heterocycles. The van der Waals surface area contributed by atoms with Gasteiger partial charge in [-0.15, -0.1) is 0 Å². The third kappa shape index (κ3) is 4.29. The van der Waals surface area contributed by atoms with Crippen LogP contribution in [0.4, 0.5) is 11.4 Å². The molecule has 5 N–H and O–H groups in total. The molecule has 0 aliphatic carbocycles. The van der Waals surface area contributed by atoms with Gasteiger partial charge in [0.1, 0.15) is 6.04 Å². The number of amides is 1. The van der Waals surface area contributed by atoms with Gasteiger partial charge in [-0.2, -0.15) is 0 Å². The van der Waals surface area contributed by atoms with Crippen LogP contribution in [0, 0.1) is 0 Å². The molecule has 3 atom stereocenters. The van der Waals surface area contributed by atoms with E-state index in [0.717, 1.165) is 5.56 Å². The van der Waals surface area contributed by atoms with Gasteiger partial charge in [-0.25, -0.2) is 0 Å². The van der Waals surface area contributed by atoms with Crippen LogP contribution in [0.5, 0.6) is 0 Å². The van der Waals surface area contributed by atoms with Gasteiger partial charge in [0.2, 0.25) is 0 Å². The lowest BCUT2D eigenvalue weighted by atomic mass is 9.92. The number of carbonyl (C=O) groups is 3. The summed E-state index contributed by atoms with van der Waals surface area (Å²) in [6, 6.07) is 12.2. The van der Waals surface area contributed by atoms with Gasteiger partial charge in [0.15, 0.2) is 6.10 Å². The molecule has 2 aromatic carbocycles. The standard InChI is InChI=1S/C20H21N3O5/c1-11(24)28-18-17(14-8-7-13(21)10-15(14)23-19(18)25)22-16(20(26)27)9-12-5-3-2-4-6-12/h2-8,10,16-18,22H,9,21H2,1H3,(H,23,25)(H,26,27). The summed E-state index contributed by atoms with van der Waals surface area (Å²) in [5, 5.41) is 15.3. The number of carboxylic acid groups (broad SMARTS) is 1. The normalized spacial score (nSPS) is 19.2. The van der Waals surface area contributed by atoms with Crippen molar-refractivity contribution < 1.29 is 24.2 Å². The summed E-state index contributed by atoms with van der Waals surface area (Å²) >= 11 is 0. The predicted molar refractivity (Wildman–Crippen MR) is 102 cm³/mol. The summed E-state index contributed by atoms with van der Waals surface area (Å²) in [7, 11) is 0. The van der Waals surface area contributed by atoms with Crippen molar-refractivity contribution in [2.24, 2.45) is 0 Å². The number of ether oxygens (including phenoxy) is 1. The van der Waals surface area contributed by atoms with E-state index >= 15 is 0 Å². The molecule has 1 amide bonds. The second kappa shape index (κ2) is 8.10. The first-order chi connectivity index (χ1) is 13.3. The molecule has 0 spiro atoms. The first-order valence-electron chi connectivity index (χ1n) is 8.75. The van der Waals surface area contributed by atoms with Crippen molar-refractivity contribution in [3.63, 3.8) is 0 Å². The van der Waals surface area contributed by atoms with Crippen molar-refractivity contribution in [2.45, 2.75) is 31.5 Å². The van der Waals surface area contributed by atoms with Crippen LogP contribution in [0.15, 0.2) is 48.5 Å². The quantitative estimate of drug-likeness (QED) is 0.439. The Bertz CT molecular complexity index is 900. The predicted octanol–water partition coefficient (Wildman–Crippen LogP) is 1.48. The average molecular weight is 383 g/mol. The molecule has 1 heterocycles. The highest BCUT2D eigenvalue weighted by Crippen LogP contribution is 2.34. The van der Waals surface area contributed by atoms with Gasteiger partial charge in [0.05, 0.1) is 6.04 Å². The lowest BCUT2D eigenvalue weighted by Gasteiger charge is -2.34. The molecule has 3 rings (SSSR count). The fourth-order valence-electron chi connectivity index (χ4n) is 3.23. The number of esters is 1. The zero-order chi connectivity index (χ0) is 20.3. The van der Waals surface area contributed by atoms with Crippen LogP contribution in [0.1, 0.15) is 24.1 Å². The third-order valence-electron chi connectivity index (χ3n) is 4.49. The van der Waals surface area contributed by atoms with E-state index in [1.807, 2.05) is 30.3 Å². The number of nitrogens with two attached hydrogens (primary N) is 1. The highest BCUT2D eigenvalue weighted by atomic mass is 16.5. The van der Waals surface area contributed by atoms with Crippen molar-refractivity contribution in [1.29, 1.82) is 0 Å². The minimum atomic E-state index is -1.20. The van der Waals surface area contributed by atoms with Gasteiger partial charge in [-0.1, -0.05) is 36.4 Å². The Morgan fingerprint density at radius 3 is 2.61 bits per heavy atom. The Balaban J connectivity index is 1.95. The van der Waals surface area contributed by atoms with E-state index in [0.29, 0.717) is 16.9 Å². The minimum Gasteiger partial charge on any atom is -0.480 e. The topological polar surface area (TPSA) is 131 Å². The number of hydrogen-bond acceptors (Lipinski definition) is 6. The summed E-state index contributed by atoms with van der Waals surface area (Å²) in [6.45, 7) is 1.20. The number of nitrogen functional groups attached to an aromatic ring is 1. The molecule has 8 heteroatoms. The number of carbonyl (C=O) groups excluding carboxylic acids is 2. The molecule has 146 valence electrons. The largest absolute Gasteiger partial charge is 0.480 e. The fourth-order valence-corrected chi connectivity index (χ4v) is 3.23. The second-order valence-corrected chi connectivity index (χ2v) is 6.59. The van der Waals surface area contributed by atoms with Crippen LogP contribution >= 0.6 is 0 Å². The molecular weight excluding hydrogens is 362 g/mol. The smallest absolute Gasteiger partial charge is 0.321 e. The number of fused-ring (bicyclic) bond motifs is 1. The van der Waals surface area contributed by atoms with E-state index in [1.54, 1.807) is 18.2 Å². The van der Waals surface area contributed by atoms with Crippen LogP contribution in [-0.2, 0) is 25.5 Å².